The van der Waals surface area contributed by atoms with E-state index in [0.717, 1.165) is 4.90 Å². The molecule has 142 valence electrons. The van der Waals surface area contributed by atoms with Gasteiger partial charge in [0.1, 0.15) is 12.2 Å². The van der Waals surface area contributed by atoms with Crippen LogP contribution in [0.4, 0.5) is 4.79 Å². The summed E-state index contributed by atoms with van der Waals surface area (Å²) in [6, 6.07) is 8.90. The van der Waals surface area contributed by atoms with Crippen LogP contribution in [0.15, 0.2) is 30.3 Å². The minimum Gasteiger partial charge on any atom is -0.479 e. The van der Waals surface area contributed by atoms with Crippen molar-refractivity contribution in [2.75, 3.05) is 19.6 Å². The van der Waals surface area contributed by atoms with E-state index in [-0.39, 0.29) is 19.7 Å². The molecule has 2 rings (SSSR count). The van der Waals surface area contributed by atoms with E-state index in [1.54, 1.807) is 45.0 Å². The van der Waals surface area contributed by atoms with E-state index < -0.39 is 29.2 Å². The lowest BCUT2D eigenvalue weighted by molar-refractivity contribution is -0.173. The number of benzene rings is 1. The third-order valence-corrected chi connectivity index (χ3v) is 3.87. The molecule has 0 unspecified atom stereocenters. The van der Waals surface area contributed by atoms with Crippen LogP contribution in [0.3, 0.4) is 0 Å². The summed E-state index contributed by atoms with van der Waals surface area (Å²) < 4.78 is 10.5. The minimum absolute atomic E-state index is 0.0155. The maximum absolute atomic E-state index is 12.7. The van der Waals surface area contributed by atoms with Crippen LogP contribution in [0.5, 0.6) is 0 Å². The Morgan fingerprint density at radius 2 is 1.88 bits per heavy atom. The molecule has 0 aromatic heterocycles. The van der Waals surface area contributed by atoms with Gasteiger partial charge < -0.3 is 19.9 Å². The Kier molecular flexibility index (Phi) is 5.86. The average molecular weight is 364 g/mol. The third kappa shape index (κ3) is 4.32. The Labute approximate surface area is 152 Å². The molecule has 1 aromatic rings. The van der Waals surface area contributed by atoms with Crippen molar-refractivity contribution in [1.82, 2.24) is 10.2 Å². The van der Waals surface area contributed by atoms with Crippen molar-refractivity contribution in [2.24, 2.45) is 0 Å². The van der Waals surface area contributed by atoms with Crippen molar-refractivity contribution in [2.45, 2.75) is 38.5 Å². The van der Waals surface area contributed by atoms with Gasteiger partial charge in [-0.2, -0.15) is 0 Å². The minimum atomic E-state index is -2.17. The first kappa shape index (κ1) is 19.7. The van der Waals surface area contributed by atoms with Gasteiger partial charge in [-0.3, -0.25) is 4.90 Å². The van der Waals surface area contributed by atoms with Crippen molar-refractivity contribution in [3.63, 3.8) is 0 Å². The van der Waals surface area contributed by atoms with Crippen molar-refractivity contribution < 1.29 is 29.0 Å². The van der Waals surface area contributed by atoms with Gasteiger partial charge in [-0.1, -0.05) is 30.3 Å². The van der Waals surface area contributed by atoms with Gasteiger partial charge >= 0.3 is 18.0 Å². The van der Waals surface area contributed by atoms with Gasteiger partial charge in [0.15, 0.2) is 0 Å². The highest BCUT2D eigenvalue weighted by molar-refractivity contribution is 6.07. The number of esters is 1. The zero-order valence-electron chi connectivity index (χ0n) is 15.2. The van der Waals surface area contributed by atoms with Crippen molar-refractivity contribution >= 4 is 18.0 Å². The van der Waals surface area contributed by atoms with Gasteiger partial charge in [0.05, 0.1) is 0 Å². The topological polar surface area (TPSA) is 105 Å². The summed E-state index contributed by atoms with van der Waals surface area (Å²) in [5.74, 6) is -2.47. The summed E-state index contributed by atoms with van der Waals surface area (Å²) in [5.41, 5.74) is -2.27. The fourth-order valence-corrected chi connectivity index (χ4v) is 2.61. The second-order valence-corrected chi connectivity index (χ2v) is 7.04. The van der Waals surface area contributed by atoms with Gasteiger partial charge in [-0.25, -0.2) is 14.4 Å². The Morgan fingerprint density at radius 3 is 2.46 bits per heavy atom. The van der Waals surface area contributed by atoms with Crippen LogP contribution >= 0.6 is 0 Å². The van der Waals surface area contributed by atoms with E-state index in [2.05, 4.69) is 5.32 Å². The first-order valence-corrected chi connectivity index (χ1v) is 8.33. The molecular formula is C18H24N2O6. The standard InChI is InChI=1S/C18H24N2O6/c1-17(2,3)26-16(24)20-10-9-19-12-18(20,14(21)22)15(23)25-11-13-7-5-4-6-8-13/h4-8,19H,9-12H2,1-3H3,(H,21,22)/t18-/m0/s1. The lowest BCUT2D eigenvalue weighted by Crippen LogP contribution is -2.71. The first-order chi connectivity index (χ1) is 12.2. The SMILES string of the molecule is CC(C)(C)OC(=O)N1CCNC[C@]1(C(=O)O)C(=O)OCc1ccccc1. The second kappa shape index (κ2) is 7.74. The molecule has 26 heavy (non-hydrogen) atoms. The molecule has 0 aliphatic carbocycles. The predicted octanol–water partition coefficient (Wildman–Crippen LogP) is 1.39. The predicted molar refractivity (Wildman–Crippen MR) is 92.4 cm³/mol. The normalized spacial score (nSPS) is 20.3. The van der Waals surface area contributed by atoms with Gasteiger partial charge in [0, 0.05) is 19.6 Å². The molecule has 8 heteroatoms. The fourth-order valence-electron chi connectivity index (χ4n) is 2.61. The Hall–Kier alpha value is -2.61. The molecule has 2 N–H and O–H groups in total. The average Bonchev–Trinajstić information content (AvgIpc) is 2.58. The summed E-state index contributed by atoms with van der Waals surface area (Å²) in [7, 11) is 0. The number of piperazine rings is 1. The van der Waals surface area contributed by atoms with E-state index in [4.69, 9.17) is 9.47 Å². The largest absolute Gasteiger partial charge is 0.479 e. The molecule has 1 aromatic carbocycles. The molecule has 0 saturated carbocycles. The molecule has 1 aliphatic heterocycles. The maximum Gasteiger partial charge on any atom is 0.411 e. The monoisotopic (exact) mass is 364 g/mol. The number of amides is 1. The molecule has 0 spiro atoms. The number of hydrogen-bond donors (Lipinski definition) is 2. The number of nitrogens with one attached hydrogen (secondary N) is 1. The lowest BCUT2D eigenvalue weighted by atomic mass is 9.95. The summed E-state index contributed by atoms with van der Waals surface area (Å²) in [6.07, 6.45) is -0.863. The highest BCUT2D eigenvalue weighted by Crippen LogP contribution is 2.24. The number of carbonyl (C=O) groups excluding carboxylic acids is 2. The number of aliphatic carboxylic acids is 1. The first-order valence-electron chi connectivity index (χ1n) is 8.33. The maximum atomic E-state index is 12.7. The molecule has 1 atom stereocenters. The number of hydrogen-bond acceptors (Lipinski definition) is 6. The van der Waals surface area contributed by atoms with Crippen molar-refractivity contribution in [1.29, 1.82) is 0 Å². The van der Waals surface area contributed by atoms with Gasteiger partial charge in [0.2, 0.25) is 0 Å². The second-order valence-electron chi connectivity index (χ2n) is 7.04. The summed E-state index contributed by atoms with van der Waals surface area (Å²) in [5, 5.41) is 12.6. The molecule has 1 aliphatic rings. The van der Waals surface area contributed by atoms with Crippen LogP contribution in [-0.2, 0) is 25.7 Å². The Morgan fingerprint density at radius 1 is 1.23 bits per heavy atom. The third-order valence-electron chi connectivity index (χ3n) is 3.87. The molecule has 1 amide bonds. The van der Waals surface area contributed by atoms with Crippen LogP contribution in [0.1, 0.15) is 26.3 Å². The molecule has 0 radical (unpaired) electrons. The summed E-state index contributed by atoms with van der Waals surface area (Å²) >= 11 is 0. The van der Waals surface area contributed by atoms with E-state index >= 15 is 0 Å². The molecule has 1 fully saturated rings. The fraction of sp³-hybridized carbons (Fsp3) is 0.500. The lowest BCUT2D eigenvalue weighted by Gasteiger charge is -2.42. The number of carbonyl (C=O) groups is 3. The van der Waals surface area contributed by atoms with Gasteiger partial charge in [-0.05, 0) is 26.3 Å². The molecular weight excluding hydrogens is 340 g/mol. The number of ether oxygens (including phenoxy) is 2. The van der Waals surface area contributed by atoms with E-state index in [9.17, 15) is 19.5 Å². The van der Waals surface area contributed by atoms with E-state index in [1.807, 2.05) is 6.07 Å². The van der Waals surface area contributed by atoms with Crippen molar-refractivity contribution in [3.05, 3.63) is 35.9 Å². The smallest absolute Gasteiger partial charge is 0.411 e. The number of rotatable bonds is 4. The molecule has 0 bridgehead atoms. The van der Waals surface area contributed by atoms with Crippen LogP contribution in [0.25, 0.3) is 0 Å². The Balaban J connectivity index is 2.24. The van der Waals surface area contributed by atoms with Crippen LogP contribution in [0.2, 0.25) is 0 Å². The highest BCUT2D eigenvalue weighted by atomic mass is 16.6. The summed E-state index contributed by atoms with van der Waals surface area (Å²) in [4.78, 5) is 38.2. The van der Waals surface area contributed by atoms with Crippen LogP contribution in [-0.4, -0.2) is 58.8 Å². The number of carboxylic acids is 1. The Bertz CT molecular complexity index is 670. The quantitative estimate of drug-likeness (QED) is 0.614. The van der Waals surface area contributed by atoms with Crippen LogP contribution < -0.4 is 5.32 Å². The van der Waals surface area contributed by atoms with Gasteiger partial charge in [-0.15, -0.1) is 0 Å². The molecule has 1 saturated heterocycles. The zero-order valence-corrected chi connectivity index (χ0v) is 15.2. The zero-order chi connectivity index (χ0) is 19.4. The van der Waals surface area contributed by atoms with E-state index in [0.29, 0.717) is 12.1 Å². The number of nitrogens with zero attached hydrogens (tertiary/aromatic N) is 1. The van der Waals surface area contributed by atoms with Gasteiger partial charge in [0.25, 0.3) is 5.54 Å². The summed E-state index contributed by atoms with van der Waals surface area (Å²) in [6.45, 7) is 5.03. The number of carboxylic acid groups (broad SMARTS) is 1. The molecule has 1 heterocycles. The van der Waals surface area contributed by atoms with E-state index in [1.165, 1.54) is 0 Å². The van der Waals surface area contributed by atoms with Crippen molar-refractivity contribution in [3.8, 4) is 0 Å². The molecule has 8 nitrogen and oxygen atoms in total. The highest BCUT2D eigenvalue weighted by Gasteiger charge is 2.57. The van der Waals surface area contributed by atoms with Crippen LogP contribution in [0, 0.1) is 0 Å².